The summed E-state index contributed by atoms with van der Waals surface area (Å²) >= 11 is 0. The van der Waals surface area contributed by atoms with Crippen molar-refractivity contribution >= 4 is 6.03 Å². The Hall–Kier alpha value is -0.810. The van der Waals surface area contributed by atoms with E-state index in [4.69, 9.17) is 4.74 Å². The highest BCUT2D eigenvalue weighted by Gasteiger charge is 2.27. The Balaban J connectivity index is 2.35. The Labute approximate surface area is 71.3 Å². The van der Waals surface area contributed by atoms with E-state index in [1.54, 1.807) is 14.1 Å². The second-order valence-electron chi connectivity index (χ2n) is 3.06. The van der Waals surface area contributed by atoms with E-state index in [9.17, 15) is 9.90 Å². The number of nitrogens with one attached hydrogen (secondary N) is 1. The van der Waals surface area contributed by atoms with Gasteiger partial charge in [0, 0.05) is 14.1 Å². The average Bonchev–Trinajstić information content (AvgIpc) is 2.36. The molecular formula is C7H14N2O3. The first-order valence-electron chi connectivity index (χ1n) is 3.85. The largest absolute Gasteiger partial charge is 0.388 e. The Morgan fingerprint density at radius 2 is 2.25 bits per heavy atom. The lowest BCUT2D eigenvalue weighted by Crippen LogP contribution is -2.46. The van der Waals surface area contributed by atoms with Crippen LogP contribution in [-0.2, 0) is 4.74 Å². The van der Waals surface area contributed by atoms with Crippen LogP contribution in [0.2, 0.25) is 0 Å². The molecule has 0 unspecified atom stereocenters. The normalized spacial score (nSPS) is 28.6. The molecule has 1 saturated heterocycles. The first-order valence-corrected chi connectivity index (χ1v) is 3.85. The van der Waals surface area contributed by atoms with Crippen molar-refractivity contribution in [1.29, 1.82) is 0 Å². The molecule has 12 heavy (non-hydrogen) atoms. The van der Waals surface area contributed by atoms with Crippen LogP contribution in [0.5, 0.6) is 0 Å². The Morgan fingerprint density at radius 1 is 1.58 bits per heavy atom. The van der Waals surface area contributed by atoms with Crippen molar-refractivity contribution in [2.75, 3.05) is 27.3 Å². The van der Waals surface area contributed by atoms with Crippen molar-refractivity contribution in [3.05, 3.63) is 0 Å². The summed E-state index contributed by atoms with van der Waals surface area (Å²) in [6.07, 6.45) is -0.575. The quantitative estimate of drug-likeness (QED) is 0.537. The molecule has 2 N–H and O–H groups in total. The number of amides is 2. The van der Waals surface area contributed by atoms with Gasteiger partial charge in [-0.3, -0.25) is 0 Å². The zero-order valence-electron chi connectivity index (χ0n) is 7.28. The molecule has 2 amide bonds. The van der Waals surface area contributed by atoms with Crippen LogP contribution in [0.3, 0.4) is 0 Å². The fourth-order valence-corrected chi connectivity index (χ4v) is 0.969. The van der Waals surface area contributed by atoms with Gasteiger partial charge in [-0.25, -0.2) is 4.79 Å². The van der Waals surface area contributed by atoms with Crippen LogP contribution in [0.1, 0.15) is 0 Å². The number of aliphatic hydroxyl groups is 1. The van der Waals surface area contributed by atoms with Crippen molar-refractivity contribution in [3.63, 3.8) is 0 Å². The fraction of sp³-hybridized carbons (Fsp3) is 0.857. The van der Waals surface area contributed by atoms with E-state index in [0.717, 1.165) is 0 Å². The molecule has 0 aromatic heterocycles. The van der Waals surface area contributed by atoms with Crippen molar-refractivity contribution < 1.29 is 14.6 Å². The summed E-state index contributed by atoms with van der Waals surface area (Å²) in [4.78, 5) is 12.5. The molecule has 1 fully saturated rings. The van der Waals surface area contributed by atoms with Crippen molar-refractivity contribution in [1.82, 2.24) is 10.2 Å². The first-order chi connectivity index (χ1) is 5.61. The highest BCUT2D eigenvalue weighted by Crippen LogP contribution is 2.04. The summed E-state index contributed by atoms with van der Waals surface area (Å²) in [6, 6.07) is -0.468. The van der Waals surface area contributed by atoms with Crippen LogP contribution in [0.25, 0.3) is 0 Å². The van der Waals surface area contributed by atoms with Gasteiger partial charge < -0.3 is 20.1 Å². The Morgan fingerprint density at radius 3 is 2.67 bits per heavy atom. The highest BCUT2D eigenvalue weighted by atomic mass is 16.5. The molecule has 0 aromatic rings. The predicted molar refractivity (Wildman–Crippen MR) is 42.8 cm³/mol. The van der Waals surface area contributed by atoms with Gasteiger partial charge in [0.1, 0.15) is 0 Å². The standard InChI is InChI=1S/C7H14N2O3/c1-9(2)7(11)8-5-3-12-4-6(5)10/h5-6,10H,3-4H2,1-2H3,(H,8,11)/t5-,6-/m1/s1. The lowest BCUT2D eigenvalue weighted by atomic mass is 10.2. The summed E-state index contributed by atoms with van der Waals surface area (Å²) < 4.78 is 4.97. The third kappa shape index (κ3) is 2.09. The molecule has 5 heteroatoms. The topological polar surface area (TPSA) is 61.8 Å². The van der Waals surface area contributed by atoms with Crippen molar-refractivity contribution in [2.45, 2.75) is 12.1 Å². The van der Waals surface area contributed by atoms with Crippen LogP contribution < -0.4 is 5.32 Å². The zero-order valence-corrected chi connectivity index (χ0v) is 7.28. The number of carbonyl (C=O) groups is 1. The van der Waals surface area contributed by atoms with E-state index < -0.39 is 6.10 Å². The second-order valence-corrected chi connectivity index (χ2v) is 3.06. The monoisotopic (exact) mass is 174 g/mol. The third-order valence-electron chi connectivity index (χ3n) is 1.77. The zero-order chi connectivity index (χ0) is 9.14. The number of nitrogens with zero attached hydrogens (tertiary/aromatic N) is 1. The van der Waals surface area contributed by atoms with E-state index in [-0.39, 0.29) is 12.1 Å². The van der Waals surface area contributed by atoms with E-state index in [1.807, 2.05) is 0 Å². The first kappa shape index (κ1) is 9.28. The van der Waals surface area contributed by atoms with Gasteiger partial charge in [-0.2, -0.15) is 0 Å². The molecule has 5 nitrogen and oxygen atoms in total. The van der Waals surface area contributed by atoms with Gasteiger partial charge in [0.15, 0.2) is 0 Å². The van der Waals surface area contributed by atoms with Gasteiger partial charge in [0.05, 0.1) is 25.4 Å². The second kappa shape index (κ2) is 3.73. The molecule has 1 aliphatic rings. The number of carbonyl (C=O) groups excluding carboxylic acids is 1. The number of aliphatic hydroxyl groups excluding tert-OH is 1. The van der Waals surface area contributed by atoms with Crippen molar-refractivity contribution in [2.24, 2.45) is 0 Å². The molecule has 0 aromatic carbocycles. The maximum atomic E-state index is 11.1. The Kier molecular flexibility index (Phi) is 2.88. The molecular weight excluding hydrogens is 160 g/mol. The molecule has 2 atom stereocenters. The molecule has 1 heterocycles. The van der Waals surface area contributed by atoms with E-state index in [0.29, 0.717) is 13.2 Å². The minimum absolute atomic E-state index is 0.204. The van der Waals surface area contributed by atoms with E-state index in [2.05, 4.69) is 5.32 Å². The molecule has 1 rings (SSSR count). The van der Waals surface area contributed by atoms with Gasteiger partial charge in [0.2, 0.25) is 0 Å². The number of urea groups is 1. The fourth-order valence-electron chi connectivity index (χ4n) is 0.969. The third-order valence-corrected chi connectivity index (χ3v) is 1.77. The van der Waals surface area contributed by atoms with Crippen LogP contribution in [-0.4, -0.2) is 55.5 Å². The summed E-state index contributed by atoms with van der Waals surface area (Å²) in [7, 11) is 3.30. The van der Waals surface area contributed by atoms with Gasteiger partial charge >= 0.3 is 6.03 Å². The summed E-state index contributed by atoms with van der Waals surface area (Å²) in [5.41, 5.74) is 0. The smallest absolute Gasteiger partial charge is 0.317 e. The Bertz CT molecular complexity index is 172. The van der Waals surface area contributed by atoms with Gasteiger partial charge in [-0.15, -0.1) is 0 Å². The minimum atomic E-state index is -0.575. The minimum Gasteiger partial charge on any atom is -0.388 e. The lowest BCUT2D eigenvalue weighted by molar-refractivity contribution is 0.122. The van der Waals surface area contributed by atoms with Crippen LogP contribution in [0.15, 0.2) is 0 Å². The highest BCUT2D eigenvalue weighted by molar-refractivity contribution is 5.73. The molecule has 0 saturated carbocycles. The summed E-state index contributed by atoms with van der Waals surface area (Å²) in [6.45, 7) is 0.694. The number of hydrogen-bond acceptors (Lipinski definition) is 3. The maximum absolute atomic E-state index is 11.1. The molecule has 0 bridgehead atoms. The van der Waals surface area contributed by atoms with Crippen molar-refractivity contribution in [3.8, 4) is 0 Å². The van der Waals surface area contributed by atoms with Crippen LogP contribution in [0, 0.1) is 0 Å². The molecule has 70 valence electrons. The SMILES string of the molecule is CN(C)C(=O)N[C@@H]1COC[C@H]1O. The summed E-state index contributed by atoms with van der Waals surface area (Å²) in [5.74, 6) is 0. The van der Waals surface area contributed by atoms with E-state index >= 15 is 0 Å². The van der Waals surface area contributed by atoms with Gasteiger partial charge in [-0.1, -0.05) is 0 Å². The van der Waals surface area contributed by atoms with Gasteiger partial charge in [0.25, 0.3) is 0 Å². The van der Waals surface area contributed by atoms with Crippen LogP contribution in [0.4, 0.5) is 4.79 Å². The number of ether oxygens (including phenoxy) is 1. The van der Waals surface area contributed by atoms with E-state index in [1.165, 1.54) is 4.90 Å². The number of hydrogen-bond donors (Lipinski definition) is 2. The van der Waals surface area contributed by atoms with Crippen LogP contribution >= 0.6 is 0 Å². The summed E-state index contributed by atoms with van der Waals surface area (Å²) in [5, 5.41) is 11.9. The molecule has 0 spiro atoms. The van der Waals surface area contributed by atoms with Gasteiger partial charge in [-0.05, 0) is 0 Å². The maximum Gasteiger partial charge on any atom is 0.317 e. The predicted octanol–water partition coefficient (Wildman–Crippen LogP) is -0.983. The molecule has 0 radical (unpaired) electrons. The average molecular weight is 174 g/mol. The molecule has 0 aliphatic carbocycles. The lowest BCUT2D eigenvalue weighted by Gasteiger charge is -2.18. The molecule has 1 aliphatic heterocycles. The number of rotatable bonds is 1.